The molecule has 0 atom stereocenters. The van der Waals surface area contributed by atoms with E-state index in [1.54, 1.807) is 6.92 Å². The number of carbonyl (C=O) groups excluding carboxylic acids is 2. The Morgan fingerprint density at radius 2 is 1.86 bits per heavy atom. The number of esters is 1. The second-order valence-corrected chi connectivity index (χ2v) is 8.60. The lowest BCUT2D eigenvalue weighted by Gasteiger charge is -2.10. The molecule has 0 fully saturated rings. The third-order valence-corrected chi connectivity index (χ3v) is 6.28. The smallest absolute Gasteiger partial charge is 0.416 e. The SMILES string of the molecule is Cc1c(C(=O)OCc2ccccc2)sc2ncn(CC(=O)Nc3cccc(C(F)(F)F)c3)c(=O)c12. The Balaban J connectivity index is 1.51. The van der Waals surface area contributed by atoms with Gasteiger partial charge in [-0.1, -0.05) is 36.4 Å². The third kappa shape index (κ3) is 5.40. The van der Waals surface area contributed by atoms with E-state index in [2.05, 4.69) is 10.3 Å². The molecule has 0 aliphatic rings. The number of rotatable bonds is 6. The van der Waals surface area contributed by atoms with Crippen LogP contribution in [0.25, 0.3) is 10.2 Å². The fraction of sp³-hybridized carbons (Fsp3) is 0.167. The minimum absolute atomic E-state index is 0.0536. The van der Waals surface area contributed by atoms with Gasteiger partial charge in [-0.05, 0) is 36.2 Å². The van der Waals surface area contributed by atoms with Crippen molar-refractivity contribution < 1.29 is 27.5 Å². The molecule has 0 saturated heterocycles. The molecule has 2 aromatic carbocycles. The molecular formula is C24H18F3N3O4S. The molecular weight excluding hydrogens is 483 g/mol. The van der Waals surface area contributed by atoms with Crippen LogP contribution in [-0.4, -0.2) is 21.4 Å². The maximum atomic E-state index is 13.0. The second-order valence-electron chi connectivity index (χ2n) is 7.60. The standard InChI is InChI=1S/C24H18F3N3O4S/c1-14-19-21(35-20(14)23(33)34-12-15-6-3-2-4-7-15)28-13-30(22(19)32)11-18(31)29-17-9-5-8-16(10-17)24(25,26)27/h2-10,13H,11-12H2,1H3,(H,29,31). The number of nitrogens with zero attached hydrogens (tertiary/aromatic N) is 2. The van der Waals surface area contributed by atoms with Gasteiger partial charge in [0.1, 0.15) is 22.9 Å². The fourth-order valence-corrected chi connectivity index (χ4v) is 4.42. The normalized spacial score (nSPS) is 11.4. The highest BCUT2D eigenvalue weighted by atomic mass is 32.1. The number of thiophene rings is 1. The number of ether oxygens (including phenoxy) is 1. The molecule has 0 unspecified atom stereocenters. The maximum absolute atomic E-state index is 13.0. The minimum atomic E-state index is -4.55. The number of amides is 1. The Hall–Kier alpha value is -3.99. The molecule has 11 heteroatoms. The lowest BCUT2D eigenvalue weighted by atomic mass is 10.2. The van der Waals surface area contributed by atoms with Crippen molar-refractivity contribution in [1.82, 2.24) is 9.55 Å². The minimum Gasteiger partial charge on any atom is -0.457 e. The van der Waals surface area contributed by atoms with Crippen LogP contribution >= 0.6 is 11.3 Å². The zero-order valence-corrected chi connectivity index (χ0v) is 19.1. The number of benzene rings is 2. The summed E-state index contributed by atoms with van der Waals surface area (Å²) >= 11 is 1.01. The molecule has 0 spiro atoms. The van der Waals surface area contributed by atoms with Crippen LogP contribution in [0.4, 0.5) is 18.9 Å². The summed E-state index contributed by atoms with van der Waals surface area (Å²) in [5.74, 6) is -1.30. The average Bonchev–Trinajstić information content (AvgIpc) is 3.16. The number of hydrogen-bond donors (Lipinski definition) is 1. The number of hydrogen-bond acceptors (Lipinski definition) is 6. The van der Waals surface area contributed by atoms with Crippen LogP contribution in [0, 0.1) is 6.92 Å². The van der Waals surface area contributed by atoms with Gasteiger partial charge in [-0.3, -0.25) is 14.2 Å². The van der Waals surface area contributed by atoms with Gasteiger partial charge >= 0.3 is 12.1 Å². The van der Waals surface area contributed by atoms with Gasteiger partial charge < -0.3 is 10.1 Å². The molecule has 0 bridgehead atoms. The van der Waals surface area contributed by atoms with Crippen molar-refractivity contribution >= 4 is 39.1 Å². The maximum Gasteiger partial charge on any atom is 0.416 e. The zero-order chi connectivity index (χ0) is 25.2. The lowest BCUT2D eigenvalue weighted by Crippen LogP contribution is -2.28. The summed E-state index contributed by atoms with van der Waals surface area (Å²) in [5, 5.41) is 2.53. The number of fused-ring (bicyclic) bond motifs is 1. The van der Waals surface area contributed by atoms with E-state index in [1.165, 1.54) is 12.1 Å². The second kappa shape index (κ2) is 9.71. The predicted molar refractivity (Wildman–Crippen MR) is 124 cm³/mol. The summed E-state index contributed by atoms with van der Waals surface area (Å²) in [6.45, 7) is 1.19. The molecule has 4 aromatic rings. The number of aryl methyl sites for hydroxylation is 1. The molecule has 1 amide bonds. The van der Waals surface area contributed by atoms with Gasteiger partial charge in [0.2, 0.25) is 5.91 Å². The number of aromatic nitrogens is 2. The lowest BCUT2D eigenvalue weighted by molar-refractivity contribution is -0.137. The quantitative estimate of drug-likeness (QED) is 0.384. The Morgan fingerprint density at radius 3 is 2.57 bits per heavy atom. The van der Waals surface area contributed by atoms with Crippen molar-refractivity contribution in [3.8, 4) is 0 Å². The summed E-state index contributed by atoms with van der Waals surface area (Å²) in [4.78, 5) is 42.7. The van der Waals surface area contributed by atoms with Crippen molar-refractivity contribution in [2.24, 2.45) is 0 Å². The van der Waals surface area contributed by atoms with E-state index in [0.29, 0.717) is 10.4 Å². The van der Waals surface area contributed by atoms with E-state index < -0.39 is 35.7 Å². The van der Waals surface area contributed by atoms with Gasteiger partial charge in [0.05, 0.1) is 17.3 Å². The van der Waals surface area contributed by atoms with Crippen LogP contribution in [0.5, 0.6) is 0 Å². The zero-order valence-electron chi connectivity index (χ0n) is 18.3. The number of alkyl halides is 3. The van der Waals surface area contributed by atoms with Crippen molar-refractivity contribution in [2.75, 3.05) is 5.32 Å². The Morgan fingerprint density at radius 1 is 1.11 bits per heavy atom. The van der Waals surface area contributed by atoms with Gasteiger partial charge in [0.15, 0.2) is 0 Å². The monoisotopic (exact) mass is 501 g/mol. The van der Waals surface area contributed by atoms with Crippen LogP contribution < -0.4 is 10.9 Å². The van der Waals surface area contributed by atoms with Crippen LogP contribution in [0.2, 0.25) is 0 Å². The summed E-state index contributed by atoms with van der Waals surface area (Å²) < 4.78 is 45.0. The number of carbonyl (C=O) groups is 2. The molecule has 4 rings (SSSR count). The van der Waals surface area contributed by atoms with E-state index in [0.717, 1.165) is 39.9 Å². The third-order valence-electron chi connectivity index (χ3n) is 5.10. The first-order chi connectivity index (χ1) is 16.6. The van der Waals surface area contributed by atoms with Gasteiger partial charge in [-0.2, -0.15) is 13.2 Å². The van der Waals surface area contributed by atoms with Gasteiger partial charge in [-0.15, -0.1) is 11.3 Å². The van der Waals surface area contributed by atoms with E-state index in [-0.39, 0.29) is 22.6 Å². The molecule has 1 N–H and O–H groups in total. The van der Waals surface area contributed by atoms with E-state index in [9.17, 15) is 27.6 Å². The van der Waals surface area contributed by atoms with Crippen LogP contribution in [-0.2, 0) is 28.9 Å². The molecule has 2 heterocycles. The average molecular weight is 501 g/mol. The first kappa shape index (κ1) is 24.1. The predicted octanol–water partition coefficient (Wildman–Crippen LogP) is 4.78. The highest BCUT2D eigenvalue weighted by Gasteiger charge is 2.30. The van der Waals surface area contributed by atoms with Crippen LogP contribution in [0.1, 0.15) is 26.4 Å². The van der Waals surface area contributed by atoms with Crippen LogP contribution in [0.3, 0.4) is 0 Å². The van der Waals surface area contributed by atoms with Crippen molar-refractivity contribution in [3.05, 3.63) is 92.8 Å². The summed E-state index contributed by atoms with van der Waals surface area (Å²) in [7, 11) is 0. The Bertz CT molecular complexity index is 1460. The van der Waals surface area contributed by atoms with Crippen LogP contribution in [0.15, 0.2) is 65.7 Å². The topological polar surface area (TPSA) is 90.3 Å². The number of nitrogens with one attached hydrogen (secondary N) is 1. The molecule has 0 saturated carbocycles. The Kier molecular flexibility index (Phi) is 6.70. The number of anilines is 1. The molecule has 0 aliphatic heterocycles. The molecule has 35 heavy (non-hydrogen) atoms. The number of halogens is 3. The Labute approximate surface area is 200 Å². The van der Waals surface area contributed by atoms with Gasteiger partial charge in [0, 0.05) is 5.69 Å². The largest absolute Gasteiger partial charge is 0.457 e. The summed E-state index contributed by atoms with van der Waals surface area (Å²) in [5.41, 5.74) is -0.316. The molecule has 2 aromatic heterocycles. The summed E-state index contributed by atoms with van der Waals surface area (Å²) in [6, 6.07) is 13.3. The first-order valence-corrected chi connectivity index (χ1v) is 11.1. The van der Waals surface area contributed by atoms with Crippen molar-refractivity contribution in [1.29, 1.82) is 0 Å². The summed E-state index contributed by atoms with van der Waals surface area (Å²) in [6.07, 6.45) is -3.39. The van der Waals surface area contributed by atoms with Crippen molar-refractivity contribution in [2.45, 2.75) is 26.3 Å². The highest BCUT2D eigenvalue weighted by Crippen LogP contribution is 2.31. The van der Waals surface area contributed by atoms with E-state index in [4.69, 9.17) is 4.74 Å². The van der Waals surface area contributed by atoms with E-state index in [1.807, 2.05) is 30.3 Å². The first-order valence-electron chi connectivity index (χ1n) is 10.3. The molecule has 0 radical (unpaired) electrons. The fourth-order valence-electron chi connectivity index (χ4n) is 3.38. The van der Waals surface area contributed by atoms with E-state index >= 15 is 0 Å². The van der Waals surface area contributed by atoms with Crippen molar-refractivity contribution in [3.63, 3.8) is 0 Å². The highest BCUT2D eigenvalue weighted by molar-refractivity contribution is 7.20. The van der Waals surface area contributed by atoms with Gasteiger partial charge in [-0.25, -0.2) is 9.78 Å². The molecule has 0 aliphatic carbocycles. The molecule has 180 valence electrons. The molecule has 7 nitrogen and oxygen atoms in total. The van der Waals surface area contributed by atoms with Gasteiger partial charge in [0.25, 0.3) is 5.56 Å².